The maximum Gasteiger partial charge on any atom is 0.295 e. The molecule has 0 spiro atoms. The minimum Gasteiger partial charge on any atom is -0.507 e. The molecule has 1 aliphatic rings. The predicted octanol–water partition coefficient (Wildman–Crippen LogP) is 5.65. The van der Waals surface area contributed by atoms with Gasteiger partial charge in [-0.05, 0) is 61.8 Å². The first-order valence-corrected chi connectivity index (χ1v) is 13.2. The van der Waals surface area contributed by atoms with Crippen molar-refractivity contribution in [2.24, 2.45) is 0 Å². The van der Waals surface area contributed by atoms with E-state index in [1.165, 1.54) is 0 Å². The van der Waals surface area contributed by atoms with Gasteiger partial charge in [0.25, 0.3) is 11.7 Å². The summed E-state index contributed by atoms with van der Waals surface area (Å²) in [6.45, 7) is 11.2. The minimum absolute atomic E-state index is 0.121. The largest absolute Gasteiger partial charge is 0.507 e. The van der Waals surface area contributed by atoms with Crippen LogP contribution in [-0.4, -0.2) is 52.8 Å². The Morgan fingerprint density at radius 2 is 1.63 bits per heavy atom. The monoisotopic (exact) mass is 512 g/mol. The number of Topliss-reactive ketones (excluding diaryl/α,β-unsaturated/α-hetero) is 1. The van der Waals surface area contributed by atoms with Crippen LogP contribution in [0, 0.1) is 13.8 Å². The molecule has 1 fully saturated rings. The minimum atomic E-state index is -0.658. The summed E-state index contributed by atoms with van der Waals surface area (Å²) in [6.07, 6.45) is 0. The number of amides is 1. The van der Waals surface area contributed by atoms with Gasteiger partial charge in [-0.1, -0.05) is 74.0 Å². The van der Waals surface area contributed by atoms with Crippen LogP contribution < -0.4 is 4.74 Å². The Kier molecular flexibility index (Phi) is 8.64. The summed E-state index contributed by atoms with van der Waals surface area (Å²) in [7, 11) is 0. The van der Waals surface area contributed by atoms with Crippen molar-refractivity contribution in [3.63, 3.8) is 0 Å². The number of ether oxygens (including phenoxy) is 1. The van der Waals surface area contributed by atoms with Gasteiger partial charge in [-0.25, -0.2) is 0 Å². The van der Waals surface area contributed by atoms with E-state index in [0.29, 0.717) is 31.0 Å². The Balaban J connectivity index is 1.68. The van der Waals surface area contributed by atoms with E-state index in [0.717, 1.165) is 35.3 Å². The van der Waals surface area contributed by atoms with Gasteiger partial charge in [0.2, 0.25) is 0 Å². The zero-order valence-electron chi connectivity index (χ0n) is 22.6. The van der Waals surface area contributed by atoms with Gasteiger partial charge in [0, 0.05) is 18.7 Å². The molecule has 38 heavy (non-hydrogen) atoms. The van der Waals surface area contributed by atoms with Crippen LogP contribution in [0.1, 0.15) is 47.7 Å². The molecule has 1 aliphatic heterocycles. The molecule has 0 radical (unpaired) electrons. The number of aliphatic hydroxyl groups is 1. The molecule has 1 unspecified atom stereocenters. The quantitative estimate of drug-likeness (QED) is 0.216. The van der Waals surface area contributed by atoms with Crippen molar-refractivity contribution in [3.05, 3.63) is 106 Å². The molecule has 1 N–H and O–H groups in total. The van der Waals surface area contributed by atoms with Crippen molar-refractivity contribution in [1.82, 2.24) is 9.80 Å². The average molecular weight is 513 g/mol. The van der Waals surface area contributed by atoms with Gasteiger partial charge < -0.3 is 19.6 Å². The summed E-state index contributed by atoms with van der Waals surface area (Å²) in [6, 6.07) is 22.3. The molecule has 1 heterocycles. The van der Waals surface area contributed by atoms with Gasteiger partial charge >= 0.3 is 0 Å². The van der Waals surface area contributed by atoms with E-state index in [1.807, 2.05) is 68.4 Å². The fraction of sp³-hybridized carbons (Fsp3) is 0.312. The highest BCUT2D eigenvalue weighted by Gasteiger charge is 2.46. The first-order valence-electron chi connectivity index (χ1n) is 13.2. The Bertz CT molecular complexity index is 1310. The van der Waals surface area contributed by atoms with Crippen LogP contribution in [-0.2, 0) is 16.2 Å². The number of benzene rings is 3. The maximum absolute atomic E-state index is 13.3. The van der Waals surface area contributed by atoms with Crippen LogP contribution in [0.25, 0.3) is 5.76 Å². The van der Waals surface area contributed by atoms with Gasteiger partial charge in [0.05, 0.1) is 11.6 Å². The molecular weight excluding hydrogens is 476 g/mol. The highest BCUT2D eigenvalue weighted by Crippen LogP contribution is 2.39. The SMILES string of the molecule is CCN(CC)CCN1C(=O)C(=O)/C(=C(/O)c2ccc(OCc3ccccc3)c(C)c2)C1c1ccc(C)cc1. The number of carbonyl (C=O) groups is 2. The Morgan fingerprint density at radius 3 is 2.26 bits per heavy atom. The zero-order valence-corrected chi connectivity index (χ0v) is 22.6. The van der Waals surface area contributed by atoms with E-state index in [4.69, 9.17) is 4.74 Å². The van der Waals surface area contributed by atoms with Crippen LogP contribution in [0.2, 0.25) is 0 Å². The molecule has 198 valence electrons. The molecular formula is C32H36N2O4. The third kappa shape index (κ3) is 5.81. The molecule has 0 aromatic heterocycles. The van der Waals surface area contributed by atoms with Crippen molar-refractivity contribution in [2.75, 3.05) is 26.2 Å². The van der Waals surface area contributed by atoms with Crippen molar-refractivity contribution in [2.45, 2.75) is 40.3 Å². The number of nitrogens with zero attached hydrogens (tertiary/aromatic N) is 2. The molecule has 0 saturated carbocycles. The van der Waals surface area contributed by atoms with E-state index in [-0.39, 0.29) is 11.3 Å². The first kappa shape index (κ1) is 27.1. The lowest BCUT2D eigenvalue weighted by Gasteiger charge is -2.28. The molecule has 0 bridgehead atoms. The lowest BCUT2D eigenvalue weighted by Crippen LogP contribution is -2.38. The molecule has 1 saturated heterocycles. The number of ketones is 1. The molecule has 3 aromatic rings. The molecule has 1 atom stereocenters. The number of hydrogen-bond donors (Lipinski definition) is 1. The van der Waals surface area contributed by atoms with Gasteiger partial charge in [0.15, 0.2) is 0 Å². The van der Waals surface area contributed by atoms with Crippen LogP contribution in [0.5, 0.6) is 5.75 Å². The zero-order chi connectivity index (χ0) is 27.2. The second-order valence-corrected chi connectivity index (χ2v) is 9.68. The summed E-state index contributed by atoms with van der Waals surface area (Å²) >= 11 is 0. The number of likely N-dealkylation sites (tertiary alicyclic amines) is 1. The summed E-state index contributed by atoms with van der Waals surface area (Å²) in [5, 5.41) is 11.4. The van der Waals surface area contributed by atoms with Crippen molar-refractivity contribution >= 4 is 17.4 Å². The number of aliphatic hydroxyl groups excluding tert-OH is 1. The molecule has 1 amide bonds. The van der Waals surface area contributed by atoms with E-state index in [9.17, 15) is 14.7 Å². The van der Waals surface area contributed by atoms with Crippen molar-refractivity contribution in [3.8, 4) is 5.75 Å². The first-order chi connectivity index (χ1) is 18.3. The number of rotatable bonds is 10. The lowest BCUT2D eigenvalue weighted by molar-refractivity contribution is -0.140. The fourth-order valence-corrected chi connectivity index (χ4v) is 4.84. The Labute approximate surface area is 225 Å². The predicted molar refractivity (Wildman–Crippen MR) is 150 cm³/mol. The highest BCUT2D eigenvalue weighted by atomic mass is 16.5. The smallest absolute Gasteiger partial charge is 0.295 e. The number of likely N-dealkylation sites (N-methyl/N-ethyl adjacent to an activating group) is 1. The van der Waals surface area contributed by atoms with Crippen molar-refractivity contribution in [1.29, 1.82) is 0 Å². The van der Waals surface area contributed by atoms with Gasteiger partial charge in [-0.3, -0.25) is 9.59 Å². The topological polar surface area (TPSA) is 70.1 Å². The standard InChI is InChI=1S/C32H36N2O4/c1-5-33(6-2)18-19-34-29(25-14-12-22(3)13-15-25)28(31(36)32(34)37)30(35)26-16-17-27(23(4)20-26)38-21-24-10-8-7-9-11-24/h7-17,20,29,35H,5-6,18-19,21H2,1-4H3/b30-28+. The van der Waals surface area contributed by atoms with E-state index < -0.39 is 17.7 Å². The summed E-state index contributed by atoms with van der Waals surface area (Å²) in [5.74, 6) is -0.712. The van der Waals surface area contributed by atoms with Crippen LogP contribution in [0.3, 0.4) is 0 Å². The molecule has 3 aromatic carbocycles. The van der Waals surface area contributed by atoms with Gasteiger partial charge in [-0.15, -0.1) is 0 Å². The third-order valence-corrected chi connectivity index (χ3v) is 7.17. The van der Waals surface area contributed by atoms with Crippen LogP contribution >= 0.6 is 0 Å². The fourth-order valence-electron chi connectivity index (χ4n) is 4.84. The second kappa shape index (κ2) is 12.1. The normalized spacial score (nSPS) is 16.9. The molecule has 6 nitrogen and oxygen atoms in total. The second-order valence-electron chi connectivity index (χ2n) is 9.68. The third-order valence-electron chi connectivity index (χ3n) is 7.17. The lowest BCUT2D eigenvalue weighted by atomic mass is 9.94. The molecule has 0 aliphatic carbocycles. The summed E-state index contributed by atoms with van der Waals surface area (Å²) in [5.41, 5.74) is 4.37. The van der Waals surface area contributed by atoms with Gasteiger partial charge in [0.1, 0.15) is 18.1 Å². The van der Waals surface area contributed by atoms with E-state index in [1.54, 1.807) is 23.1 Å². The Morgan fingerprint density at radius 1 is 0.947 bits per heavy atom. The van der Waals surface area contributed by atoms with E-state index >= 15 is 0 Å². The number of carbonyl (C=O) groups excluding carboxylic acids is 2. The van der Waals surface area contributed by atoms with Gasteiger partial charge in [-0.2, -0.15) is 0 Å². The summed E-state index contributed by atoms with van der Waals surface area (Å²) < 4.78 is 5.98. The highest BCUT2D eigenvalue weighted by molar-refractivity contribution is 6.46. The maximum atomic E-state index is 13.3. The molecule has 4 rings (SSSR count). The Hall–Kier alpha value is -3.90. The summed E-state index contributed by atoms with van der Waals surface area (Å²) in [4.78, 5) is 30.4. The van der Waals surface area contributed by atoms with Crippen LogP contribution in [0.4, 0.5) is 0 Å². The average Bonchev–Trinajstić information content (AvgIpc) is 3.18. The number of aryl methyl sites for hydroxylation is 2. The number of hydrogen-bond acceptors (Lipinski definition) is 5. The van der Waals surface area contributed by atoms with E-state index in [2.05, 4.69) is 18.7 Å². The van der Waals surface area contributed by atoms with Crippen molar-refractivity contribution < 1.29 is 19.4 Å². The van der Waals surface area contributed by atoms with Crippen LogP contribution in [0.15, 0.2) is 78.4 Å². The molecule has 6 heteroatoms.